The number of rotatable bonds is 8. The van der Waals surface area contributed by atoms with Gasteiger partial charge in [0, 0.05) is 0 Å². The predicted molar refractivity (Wildman–Crippen MR) is 68.8 cm³/mol. The molecule has 100 valence electrons. The molecule has 0 aliphatic rings. The molecule has 0 saturated carbocycles. The smallest absolute Gasteiger partial charge is 0.169 e. The van der Waals surface area contributed by atoms with E-state index < -0.39 is 11.6 Å². The van der Waals surface area contributed by atoms with Crippen molar-refractivity contribution in [3.8, 4) is 0 Å². The molecule has 0 aromatic heterocycles. The number of benzene rings is 1. The minimum Gasteiger partial charge on any atom is -0.298 e. The summed E-state index contributed by atoms with van der Waals surface area (Å²) in [6.45, 7) is 2.16. The number of hydrogen-bond donors (Lipinski definition) is 0. The molecule has 0 radical (unpaired) electrons. The average Bonchev–Trinajstić information content (AvgIpc) is 2.38. The van der Waals surface area contributed by atoms with Gasteiger partial charge in [-0.25, -0.2) is 8.78 Å². The van der Waals surface area contributed by atoms with Gasteiger partial charge in [-0.1, -0.05) is 45.1 Å². The van der Waals surface area contributed by atoms with Crippen LogP contribution in [-0.2, 0) is 6.42 Å². The highest BCUT2D eigenvalue weighted by Crippen LogP contribution is 2.18. The third kappa shape index (κ3) is 4.21. The van der Waals surface area contributed by atoms with Crippen LogP contribution in [0.3, 0.4) is 0 Å². The molecule has 1 rings (SSSR count). The Balaban J connectivity index is 2.43. The second-order valence-electron chi connectivity index (χ2n) is 4.58. The summed E-state index contributed by atoms with van der Waals surface area (Å²) in [5, 5.41) is 0. The van der Waals surface area contributed by atoms with Gasteiger partial charge in [0.25, 0.3) is 0 Å². The minimum atomic E-state index is -1.02. The van der Waals surface area contributed by atoms with Crippen LogP contribution in [0.1, 0.15) is 61.4 Å². The van der Waals surface area contributed by atoms with E-state index >= 15 is 0 Å². The second-order valence-corrected chi connectivity index (χ2v) is 4.58. The van der Waals surface area contributed by atoms with Crippen LogP contribution in [-0.4, -0.2) is 6.29 Å². The van der Waals surface area contributed by atoms with Crippen molar-refractivity contribution in [2.75, 3.05) is 0 Å². The zero-order valence-corrected chi connectivity index (χ0v) is 10.8. The van der Waals surface area contributed by atoms with Crippen LogP contribution in [0.15, 0.2) is 12.1 Å². The van der Waals surface area contributed by atoms with Crippen LogP contribution in [0.5, 0.6) is 0 Å². The zero-order chi connectivity index (χ0) is 13.4. The molecule has 0 bridgehead atoms. The average molecular weight is 254 g/mol. The number of unbranched alkanes of at least 4 members (excludes halogenated alkanes) is 5. The molecule has 0 spiro atoms. The summed E-state index contributed by atoms with van der Waals surface area (Å²) < 4.78 is 26.9. The normalized spacial score (nSPS) is 10.6. The van der Waals surface area contributed by atoms with E-state index in [-0.39, 0.29) is 5.56 Å². The van der Waals surface area contributed by atoms with Gasteiger partial charge in [0.15, 0.2) is 17.9 Å². The van der Waals surface area contributed by atoms with E-state index in [1.54, 1.807) is 0 Å². The third-order valence-electron chi connectivity index (χ3n) is 3.12. The minimum absolute atomic E-state index is 0.209. The molecule has 0 atom stereocenters. The van der Waals surface area contributed by atoms with Crippen LogP contribution in [0.25, 0.3) is 0 Å². The first-order valence-corrected chi connectivity index (χ1v) is 6.62. The summed E-state index contributed by atoms with van der Waals surface area (Å²) in [6, 6.07) is 2.85. The first-order valence-electron chi connectivity index (χ1n) is 6.62. The van der Waals surface area contributed by atoms with E-state index in [9.17, 15) is 13.6 Å². The summed E-state index contributed by atoms with van der Waals surface area (Å²) in [4.78, 5) is 10.4. The third-order valence-corrected chi connectivity index (χ3v) is 3.12. The van der Waals surface area contributed by atoms with Gasteiger partial charge in [0.05, 0.1) is 5.56 Å². The van der Waals surface area contributed by atoms with E-state index in [4.69, 9.17) is 0 Å². The number of aldehydes is 1. The fraction of sp³-hybridized carbons (Fsp3) is 0.533. The molecule has 0 heterocycles. The maximum Gasteiger partial charge on any atom is 0.169 e. The number of halogens is 2. The first-order chi connectivity index (χ1) is 8.70. The Morgan fingerprint density at radius 2 is 1.67 bits per heavy atom. The van der Waals surface area contributed by atoms with Crippen molar-refractivity contribution < 1.29 is 13.6 Å². The lowest BCUT2D eigenvalue weighted by Gasteiger charge is -2.05. The summed E-state index contributed by atoms with van der Waals surface area (Å²) in [5.41, 5.74) is 0.160. The Hall–Kier alpha value is -1.25. The maximum absolute atomic E-state index is 13.5. The van der Waals surface area contributed by atoms with E-state index in [2.05, 4.69) is 6.92 Å². The van der Waals surface area contributed by atoms with Crippen LogP contribution < -0.4 is 0 Å². The molecule has 0 N–H and O–H groups in total. The highest BCUT2D eigenvalue weighted by Gasteiger charge is 2.12. The Bertz CT molecular complexity index is 388. The highest BCUT2D eigenvalue weighted by atomic mass is 19.2. The topological polar surface area (TPSA) is 17.1 Å². The Labute approximate surface area is 107 Å². The molecule has 0 aliphatic carbocycles. The van der Waals surface area contributed by atoms with Gasteiger partial charge < -0.3 is 0 Å². The molecule has 0 saturated heterocycles. The summed E-state index contributed by atoms with van der Waals surface area (Å²) in [6.07, 6.45) is 7.56. The zero-order valence-electron chi connectivity index (χ0n) is 10.8. The van der Waals surface area contributed by atoms with E-state index in [1.807, 2.05) is 0 Å². The lowest BCUT2D eigenvalue weighted by Crippen LogP contribution is -1.99. The fourth-order valence-electron chi connectivity index (χ4n) is 1.98. The highest BCUT2D eigenvalue weighted by molar-refractivity contribution is 5.75. The van der Waals surface area contributed by atoms with Crippen molar-refractivity contribution >= 4 is 6.29 Å². The van der Waals surface area contributed by atoms with Crippen LogP contribution >= 0.6 is 0 Å². The van der Waals surface area contributed by atoms with Crippen LogP contribution in [0, 0.1) is 11.6 Å². The van der Waals surface area contributed by atoms with Crippen molar-refractivity contribution in [3.05, 3.63) is 34.9 Å². The summed E-state index contributed by atoms with van der Waals surface area (Å²) in [7, 11) is 0. The lowest BCUT2D eigenvalue weighted by atomic mass is 10.0. The van der Waals surface area contributed by atoms with Gasteiger partial charge in [0.2, 0.25) is 0 Å². The van der Waals surface area contributed by atoms with Crippen LogP contribution in [0.4, 0.5) is 8.78 Å². The van der Waals surface area contributed by atoms with Crippen molar-refractivity contribution in [2.45, 2.75) is 51.9 Å². The van der Waals surface area contributed by atoms with E-state index in [1.165, 1.54) is 31.4 Å². The standard InChI is InChI=1S/C15H20F2O/c1-2-3-4-5-6-7-8-12-9-10-13(11-18)15(17)14(12)16/h9-11H,2-8H2,1H3. The number of hydrogen-bond acceptors (Lipinski definition) is 1. The Morgan fingerprint density at radius 3 is 2.33 bits per heavy atom. The van der Waals surface area contributed by atoms with Crippen molar-refractivity contribution in [1.82, 2.24) is 0 Å². The summed E-state index contributed by atoms with van der Waals surface area (Å²) >= 11 is 0. The molecule has 0 unspecified atom stereocenters. The number of aryl methyl sites for hydroxylation is 1. The van der Waals surface area contributed by atoms with E-state index in [0.29, 0.717) is 18.3 Å². The lowest BCUT2D eigenvalue weighted by molar-refractivity contribution is 0.111. The van der Waals surface area contributed by atoms with Gasteiger partial charge in [-0.3, -0.25) is 4.79 Å². The molecule has 0 aliphatic heterocycles. The maximum atomic E-state index is 13.5. The Morgan fingerprint density at radius 1 is 1.00 bits per heavy atom. The number of carbonyl (C=O) groups excluding carboxylic acids is 1. The van der Waals surface area contributed by atoms with Gasteiger partial charge in [-0.15, -0.1) is 0 Å². The molecule has 1 nitrogen and oxygen atoms in total. The summed E-state index contributed by atoms with van der Waals surface area (Å²) in [5.74, 6) is -1.89. The molecule has 18 heavy (non-hydrogen) atoms. The van der Waals surface area contributed by atoms with Crippen molar-refractivity contribution in [2.24, 2.45) is 0 Å². The van der Waals surface area contributed by atoms with Gasteiger partial charge >= 0.3 is 0 Å². The molecule has 3 heteroatoms. The van der Waals surface area contributed by atoms with Crippen molar-refractivity contribution in [1.29, 1.82) is 0 Å². The molecule has 0 fully saturated rings. The van der Waals surface area contributed by atoms with E-state index in [0.717, 1.165) is 19.3 Å². The quantitative estimate of drug-likeness (QED) is 0.486. The molecule has 1 aromatic carbocycles. The molecule has 1 aromatic rings. The predicted octanol–water partition coefficient (Wildman–Crippen LogP) is 4.68. The van der Waals surface area contributed by atoms with Gasteiger partial charge in [-0.05, 0) is 24.5 Å². The largest absolute Gasteiger partial charge is 0.298 e. The SMILES string of the molecule is CCCCCCCCc1ccc(C=O)c(F)c1F. The monoisotopic (exact) mass is 254 g/mol. The molecule has 0 amide bonds. The van der Waals surface area contributed by atoms with Crippen LogP contribution in [0.2, 0.25) is 0 Å². The molecular weight excluding hydrogens is 234 g/mol. The van der Waals surface area contributed by atoms with Gasteiger partial charge in [0.1, 0.15) is 0 Å². The van der Waals surface area contributed by atoms with Gasteiger partial charge in [-0.2, -0.15) is 0 Å². The molecular formula is C15H20F2O. The second kappa shape index (κ2) is 7.96. The first kappa shape index (κ1) is 14.8. The number of carbonyl (C=O) groups is 1. The fourth-order valence-corrected chi connectivity index (χ4v) is 1.98. The van der Waals surface area contributed by atoms with Crippen molar-refractivity contribution in [3.63, 3.8) is 0 Å². The Kier molecular flexibility index (Phi) is 6.55.